The minimum absolute atomic E-state index is 0.0175. The average molecular weight is 513 g/mol. The summed E-state index contributed by atoms with van der Waals surface area (Å²) in [5.41, 5.74) is 1.87. The molecule has 11 heteroatoms. The van der Waals surface area contributed by atoms with Crippen molar-refractivity contribution in [3.63, 3.8) is 0 Å². The highest BCUT2D eigenvalue weighted by atomic mass is 32.1. The van der Waals surface area contributed by atoms with Gasteiger partial charge >= 0.3 is 6.18 Å². The van der Waals surface area contributed by atoms with Crippen LogP contribution in [0.1, 0.15) is 40.4 Å². The lowest BCUT2D eigenvalue weighted by Crippen LogP contribution is -2.44. The van der Waals surface area contributed by atoms with Gasteiger partial charge in [0.15, 0.2) is 6.61 Å². The van der Waals surface area contributed by atoms with Gasteiger partial charge in [0, 0.05) is 48.9 Å². The molecule has 0 radical (unpaired) electrons. The first-order valence-corrected chi connectivity index (χ1v) is 12.8. The maximum atomic E-state index is 12.4. The van der Waals surface area contributed by atoms with E-state index in [1.54, 1.807) is 17.5 Å². The van der Waals surface area contributed by atoms with Gasteiger partial charge in [0.1, 0.15) is 5.01 Å². The number of halogens is 3. The monoisotopic (exact) mass is 512 g/mol. The molecule has 0 aromatic carbocycles. The van der Waals surface area contributed by atoms with Crippen molar-refractivity contribution >= 4 is 17.2 Å². The first-order chi connectivity index (χ1) is 16.7. The Hall–Kier alpha value is -2.24. The van der Waals surface area contributed by atoms with Crippen molar-refractivity contribution in [2.75, 3.05) is 32.8 Å². The van der Waals surface area contributed by atoms with Crippen molar-refractivity contribution in [1.29, 1.82) is 0 Å². The predicted molar refractivity (Wildman–Crippen MR) is 126 cm³/mol. The largest absolute Gasteiger partial charge is 0.468 e. The molecule has 0 bridgehead atoms. The van der Waals surface area contributed by atoms with Crippen LogP contribution in [-0.4, -0.2) is 71.9 Å². The number of thiazole rings is 1. The Morgan fingerprint density at radius 1 is 1.29 bits per heavy atom. The molecule has 0 unspecified atom stereocenters. The smallest absolute Gasteiger partial charge is 0.422 e. The molecule has 1 amide bonds. The number of pyridine rings is 1. The predicted octanol–water partition coefficient (Wildman–Crippen LogP) is 3.48. The molecular weight excluding hydrogens is 481 g/mol. The van der Waals surface area contributed by atoms with Gasteiger partial charge in [-0.3, -0.25) is 4.79 Å². The Bertz CT molecular complexity index is 993. The number of alkyl halides is 3. The summed E-state index contributed by atoms with van der Waals surface area (Å²) in [6.07, 6.45) is 2.06. The molecule has 2 aliphatic rings. The maximum Gasteiger partial charge on any atom is 0.422 e. The lowest BCUT2D eigenvalue weighted by Gasteiger charge is -2.31. The molecule has 4 heterocycles. The number of aryl methyl sites for hydroxylation is 1. The summed E-state index contributed by atoms with van der Waals surface area (Å²) < 4.78 is 48.0. The summed E-state index contributed by atoms with van der Waals surface area (Å²) in [6.45, 7) is 3.72. The van der Waals surface area contributed by atoms with Gasteiger partial charge in [-0.25, -0.2) is 9.97 Å². The summed E-state index contributed by atoms with van der Waals surface area (Å²) in [6, 6.07) is 3.38. The molecule has 2 aliphatic heterocycles. The molecule has 4 rings (SSSR count). The van der Waals surface area contributed by atoms with Gasteiger partial charge in [0.05, 0.1) is 25.2 Å². The van der Waals surface area contributed by atoms with Crippen LogP contribution in [0.2, 0.25) is 0 Å². The van der Waals surface area contributed by atoms with Crippen molar-refractivity contribution in [2.45, 2.75) is 63.8 Å². The Morgan fingerprint density at radius 2 is 2.11 bits per heavy atom. The van der Waals surface area contributed by atoms with Gasteiger partial charge in [-0.15, -0.1) is 11.3 Å². The molecule has 0 spiro atoms. The van der Waals surface area contributed by atoms with E-state index < -0.39 is 12.8 Å². The molecule has 192 valence electrons. The van der Waals surface area contributed by atoms with Crippen LogP contribution in [0, 0.1) is 6.92 Å². The van der Waals surface area contributed by atoms with Crippen LogP contribution in [0.25, 0.3) is 0 Å². The second kappa shape index (κ2) is 11.7. The van der Waals surface area contributed by atoms with E-state index in [1.165, 1.54) is 6.07 Å². The van der Waals surface area contributed by atoms with E-state index >= 15 is 0 Å². The number of nitrogens with zero attached hydrogens (tertiary/aromatic N) is 3. The highest BCUT2D eigenvalue weighted by molar-refractivity contribution is 7.11. The van der Waals surface area contributed by atoms with E-state index in [2.05, 4.69) is 20.2 Å². The number of rotatable bonds is 8. The van der Waals surface area contributed by atoms with Crippen LogP contribution in [-0.2, 0) is 28.8 Å². The number of carbonyl (C=O) groups is 1. The quantitative estimate of drug-likeness (QED) is 0.584. The number of hydrogen-bond donors (Lipinski definition) is 1. The molecule has 2 aromatic rings. The molecule has 0 saturated carbocycles. The van der Waals surface area contributed by atoms with E-state index in [0.717, 1.165) is 66.5 Å². The fourth-order valence-corrected chi connectivity index (χ4v) is 5.23. The minimum Gasteiger partial charge on any atom is -0.468 e. The Morgan fingerprint density at radius 3 is 2.83 bits per heavy atom. The van der Waals surface area contributed by atoms with E-state index in [4.69, 9.17) is 9.47 Å². The van der Waals surface area contributed by atoms with Gasteiger partial charge in [-0.2, -0.15) is 13.2 Å². The number of fused-ring (bicyclic) bond motifs is 1. The van der Waals surface area contributed by atoms with Gasteiger partial charge in [0.25, 0.3) is 0 Å². The molecule has 7 nitrogen and oxygen atoms in total. The third-order valence-electron chi connectivity index (χ3n) is 6.27. The summed E-state index contributed by atoms with van der Waals surface area (Å²) in [4.78, 5) is 24.3. The van der Waals surface area contributed by atoms with Gasteiger partial charge < -0.3 is 19.7 Å². The Labute approximate surface area is 207 Å². The molecule has 2 aromatic heterocycles. The number of nitrogens with one attached hydrogen (secondary N) is 1. The number of aromatic nitrogens is 2. The van der Waals surface area contributed by atoms with Crippen molar-refractivity contribution in [2.24, 2.45) is 0 Å². The summed E-state index contributed by atoms with van der Waals surface area (Å²) in [7, 11) is 0. The topological polar surface area (TPSA) is 76.6 Å². The first-order valence-electron chi connectivity index (χ1n) is 12.0. The van der Waals surface area contributed by atoms with E-state index in [9.17, 15) is 18.0 Å². The third-order valence-corrected chi connectivity index (χ3v) is 7.19. The zero-order chi connectivity index (χ0) is 24.8. The van der Waals surface area contributed by atoms with Crippen molar-refractivity contribution < 1.29 is 27.4 Å². The fourth-order valence-electron chi connectivity index (χ4n) is 4.44. The van der Waals surface area contributed by atoms with Crippen molar-refractivity contribution in [3.05, 3.63) is 39.5 Å². The molecule has 1 N–H and O–H groups in total. The number of carbonyl (C=O) groups excluding carboxylic acids is 1. The third kappa shape index (κ3) is 8.15. The van der Waals surface area contributed by atoms with E-state index in [0.29, 0.717) is 19.4 Å². The van der Waals surface area contributed by atoms with Crippen LogP contribution >= 0.6 is 11.3 Å². The molecule has 2 atom stereocenters. The summed E-state index contributed by atoms with van der Waals surface area (Å²) >= 11 is 1.54. The van der Waals surface area contributed by atoms with Crippen LogP contribution in [0.15, 0.2) is 18.3 Å². The first kappa shape index (κ1) is 25.8. The number of hydrogen-bond acceptors (Lipinski definition) is 7. The maximum absolute atomic E-state index is 12.4. The summed E-state index contributed by atoms with van der Waals surface area (Å²) in [5.74, 6) is 0.00430. The zero-order valence-corrected chi connectivity index (χ0v) is 20.6. The minimum atomic E-state index is -4.38. The van der Waals surface area contributed by atoms with Crippen LogP contribution in [0.5, 0.6) is 5.88 Å². The van der Waals surface area contributed by atoms with Gasteiger partial charge in [0.2, 0.25) is 11.8 Å². The SMILES string of the molecule is Cc1cnc(CC(=O)N[C@H]2CC[C@H](CCN3CCc4ccc(OCC(F)(F)F)nc4CC3)OC2)s1. The second-order valence-corrected chi connectivity index (χ2v) is 10.4. The van der Waals surface area contributed by atoms with E-state index in [-0.39, 0.29) is 23.9 Å². The Balaban J connectivity index is 1.16. The lowest BCUT2D eigenvalue weighted by molar-refractivity contribution is -0.154. The zero-order valence-electron chi connectivity index (χ0n) is 19.8. The van der Waals surface area contributed by atoms with Crippen LogP contribution in [0.3, 0.4) is 0 Å². The Kier molecular flexibility index (Phi) is 8.61. The second-order valence-electron chi connectivity index (χ2n) is 9.13. The molecule has 0 aliphatic carbocycles. The average Bonchev–Trinajstić information content (AvgIpc) is 3.10. The highest BCUT2D eigenvalue weighted by Crippen LogP contribution is 2.22. The molecular formula is C24H31F3N4O3S. The van der Waals surface area contributed by atoms with Crippen LogP contribution < -0.4 is 10.1 Å². The molecule has 1 fully saturated rings. The normalized spacial score (nSPS) is 21.3. The summed E-state index contributed by atoms with van der Waals surface area (Å²) in [5, 5.41) is 3.88. The molecule has 35 heavy (non-hydrogen) atoms. The van der Waals surface area contributed by atoms with E-state index in [1.807, 2.05) is 13.0 Å². The van der Waals surface area contributed by atoms with Crippen LogP contribution in [0.4, 0.5) is 13.2 Å². The lowest BCUT2D eigenvalue weighted by atomic mass is 10.0. The highest BCUT2D eigenvalue weighted by Gasteiger charge is 2.29. The van der Waals surface area contributed by atoms with Crippen molar-refractivity contribution in [3.8, 4) is 5.88 Å². The van der Waals surface area contributed by atoms with Gasteiger partial charge in [-0.1, -0.05) is 6.07 Å². The number of ether oxygens (including phenoxy) is 2. The standard InChI is InChI=1S/C24H31F3N4O3S/c1-16-13-28-23(35-16)12-21(32)29-18-3-4-19(33-14-18)7-10-31-9-6-17-2-5-22(30-20(17)8-11-31)34-15-24(25,26)27/h2,5,13,18-19H,3-4,6-12,14-15H2,1H3,(H,29,32)/t18-,19+/m0/s1. The fraction of sp³-hybridized carbons (Fsp3) is 0.625. The molecule has 1 saturated heterocycles. The number of amides is 1. The van der Waals surface area contributed by atoms with Crippen molar-refractivity contribution in [1.82, 2.24) is 20.2 Å². The van der Waals surface area contributed by atoms with Gasteiger partial charge in [-0.05, 0) is 38.2 Å².